The van der Waals surface area contributed by atoms with Gasteiger partial charge in [-0.1, -0.05) is 6.08 Å². The topological polar surface area (TPSA) is 98.3 Å². The summed E-state index contributed by atoms with van der Waals surface area (Å²) < 4.78 is 14.4. The smallest absolute Gasteiger partial charge is 0.341 e. The van der Waals surface area contributed by atoms with Crippen molar-refractivity contribution in [1.29, 1.82) is 0 Å². The fourth-order valence-electron chi connectivity index (χ4n) is 2.86. The maximum atomic E-state index is 14.4. The van der Waals surface area contributed by atoms with Crippen LogP contribution in [0.5, 0.6) is 0 Å². The monoisotopic (exact) mass is 332 g/mol. The Balaban J connectivity index is 1.95. The summed E-state index contributed by atoms with van der Waals surface area (Å²) in [6.07, 6.45) is 3.70. The number of nitrogens with one attached hydrogen (secondary N) is 2. The van der Waals surface area contributed by atoms with E-state index in [0.29, 0.717) is 19.6 Å². The molecule has 1 saturated heterocycles. The first kappa shape index (κ1) is 16.1. The van der Waals surface area contributed by atoms with Gasteiger partial charge in [0.2, 0.25) is 5.43 Å². The number of aromatic carboxylic acids is 1. The fourth-order valence-corrected chi connectivity index (χ4v) is 2.86. The van der Waals surface area contributed by atoms with Crippen LogP contribution in [0.3, 0.4) is 0 Å². The molecule has 0 radical (unpaired) electrons. The van der Waals surface area contributed by atoms with Crippen molar-refractivity contribution in [2.24, 2.45) is 0 Å². The largest absolute Gasteiger partial charge is 0.477 e. The van der Waals surface area contributed by atoms with Gasteiger partial charge >= 0.3 is 5.97 Å². The second kappa shape index (κ2) is 6.40. The van der Waals surface area contributed by atoms with Gasteiger partial charge in [-0.05, 0) is 12.5 Å². The molecule has 0 bridgehead atoms. The molecule has 1 fully saturated rings. The van der Waals surface area contributed by atoms with Crippen LogP contribution in [-0.4, -0.2) is 46.7 Å². The zero-order valence-electron chi connectivity index (χ0n) is 12.9. The number of nitrogens with zero attached hydrogens (tertiary/aromatic N) is 2. The van der Waals surface area contributed by atoms with Gasteiger partial charge in [-0.2, -0.15) is 0 Å². The van der Waals surface area contributed by atoms with Crippen molar-refractivity contribution in [2.45, 2.75) is 12.5 Å². The van der Waals surface area contributed by atoms with Crippen molar-refractivity contribution in [3.63, 3.8) is 0 Å². The van der Waals surface area contributed by atoms with Gasteiger partial charge in [-0.3, -0.25) is 4.79 Å². The highest BCUT2D eigenvalue weighted by Crippen LogP contribution is 2.23. The van der Waals surface area contributed by atoms with Gasteiger partial charge in [-0.25, -0.2) is 14.2 Å². The van der Waals surface area contributed by atoms with E-state index in [1.165, 1.54) is 0 Å². The Labute approximate surface area is 136 Å². The van der Waals surface area contributed by atoms with Gasteiger partial charge < -0.3 is 20.3 Å². The predicted molar refractivity (Wildman–Crippen MR) is 88.1 cm³/mol. The highest BCUT2D eigenvalue weighted by Gasteiger charge is 2.26. The lowest BCUT2D eigenvalue weighted by molar-refractivity contribution is 0.0695. The van der Waals surface area contributed by atoms with Crippen LogP contribution in [-0.2, 0) is 0 Å². The van der Waals surface area contributed by atoms with E-state index >= 15 is 0 Å². The van der Waals surface area contributed by atoms with E-state index < -0.39 is 22.8 Å². The number of aromatic nitrogens is 2. The number of anilines is 1. The lowest BCUT2D eigenvalue weighted by Gasteiger charge is -2.18. The van der Waals surface area contributed by atoms with Crippen LogP contribution in [0.25, 0.3) is 11.0 Å². The minimum Gasteiger partial charge on any atom is -0.477 e. The Hall–Kier alpha value is -2.74. The number of carbonyl (C=O) groups is 1. The second-order valence-electron chi connectivity index (χ2n) is 5.66. The molecule has 3 rings (SSSR count). The molecule has 0 aliphatic carbocycles. The van der Waals surface area contributed by atoms with Crippen LogP contribution in [0, 0.1) is 5.82 Å². The summed E-state index contributed by atoms with van der Waals surface area (Å²) in [6, 6.07) is 1.27. The number of hydrogen-bond donors (Lipinski definition) is 3. The zero-order valence-corrected chi connectivity index (χ0v) is 12.9. The van der Waals surface area contributed by atoms with E-state index in [1.807, 2.05) is 0 Å². The van der Waals surface area contributed by atoms with E-state index in [4.69, 9.17) is 5.11 Å². The second-order valence-corrected chi connectivity index (χ2v) is 5.66. The lowest BCUT2D eigenvalue weighted by Crippen LogP contribution is -2.33. The van der Waals surface area contributed by atoms with Crippen LogP contribution in [0.15, 0.2) is 29.7 Å². The molecule has 7 nitrogen and oxygen atoms in total. The average Bonchev–Trinajstić information content (AvgIpc) is 3.01. The molecule has 0 aromatic carbocycles. The van der Waals surface area contributed by atoms with Gasteiger partial charge in [0.25, 0.3) is 0 Å². The first-order valence-electron chi connectivity index (χ1n) is 7.55. The highest BCUT2D eigenvalue weighted by atomic mass is 19.1. The van der Waals surface area contributed by atoms with Gasteiger partial charge in [0, 0.05) is 31.9 Å². The number of pyridine rings is 2. The van der Waals surface area contributed by atoms with E-state index in [2.05, 4.69) is 21.9 Å². The number of carboxylic acid groups (broad SMARTS) is 1. The molecule has 24 heavy (non-hydrogen) atoms. The highest BCUT2D eigenvalue weighted by molar-refractivity contribution is 5.91. The molecule has 126 valence electrons. The van der Waals surface area contributed by atoms with Crippen LogP contribution >= 0.6 is 0 Å². The Morgan fingerprint density at radius 1 is 1.62 bits per heavy atom. The molecule has 1 aliphatic rings. The van der Waals surface area contributed by atoms with Gasteiger partial charge in [0.15, 0.2) is 11.6 Å². The summed E-state index contributed by atoms with van der Waals surface area (Å²) in [5, 5.41) is 12.2. The van der Waals surface area contributed by atoms with Crippen LogP contribution in [0.2, 0.25) is 0 Å². The molecule has 1 aliphatic heterocycles. The van der Waals surface area contributed by atoms with Crippen molar-refractivity contribution < 1.29 is 14.3 Å². The zero-order chi connectivity index (χ0) is 17.3. The van der Waals surface area contributed by atoms with Crippen molar-refractivity contribution in [2.75, 3.05) is 24.5 Å². The molecule has 3 N–H and O–H groups in total. The van der Waals surface area contributed by atoms with Gasteiger partial charge in [0.05, 0.1) is 5.39 Å². The Morgan fingerprint density at radius 2 is 2.42 bits per heavy atom. The predicted octanol–water partition coefficient (Wildman–Crippen LogP) is 1.11. The molecule has 1 atom stereocenters. The Bertz CT molecular complexity index is 864. The molecule has 2 aromatic heterocycles. The quantitative estimate of drug-likeness (QED) is 0.710. The standard InChI is InChI=1S/C16H17FN4O3/c1-2-4-18-9-3-5-21(8-9)15-12(17)6-10-13(22)11(16(23)24)7-19-14(10)20-15/h2,6-7,9,18H,1,3-5,8H2,(H,23,24)(H,19,20,22). The summed E-state index contributed by atoms with van der Waals surface area (Å²) in [7, 11) is 0. The van der Waals surface area contributed by atoms with Crippen LogP contribution < -0.4 is 15.6 Å². The number of halogens is 1. The van der Waals surface area contributed by atoms with Gasteiger partial charge in [0.1, 0.15) is 11.2 Å². The summed E-state index contributed by atoms with van der Waals surface area (Å²) in [5.41, 5.74) is -1.02. The molecular formula is C16H17FN4O3. The lowest BCUT2D eigenvalue weighted by atomic mass is 10.2. The third-order valence-corrected chi connectivity index (χ3v) is 4.07. The normalized spacial score (nSPS) is 17.4. The number of aromatic amines is 1. The van der Waals surface area contributed by atoms with Gasteiger partial charge in [-0.15, -0.1) is 6.58 Å². The molecule has 0 spiro atoms. The first-order valence-corrected chi connectivity index (χ1v) is 7.55. The first-order chi connectivity index (χ1) is 11.5. The van der Waals surface area contributed by atoms with Crippen LogP contribution in [0.1, 0.15) is 16.8 Å². The van der Waals surface area contributed by atoms with Crippen molar-refractivity contribution in [3.05, 3.63) is 46.5 Å². The van der Waals surface area contributed by atoms with Crippen molar-refractivity contribution in [3.8, 4) is 0 Å². The number of carboxylic acids is 1. The Kier molecular flexibility index (Phi) is 4.30. The van der Waals surface area contributed by atoms with E-state index in [9.17, 15) is 14.0 Å². The molecule has 3 heterocycles. The third-order valence-electron chi connectivity index (χ3n) is 4.07. The average molecular weight is 332 g/mol. The minimum absolute atomic E-state index is 0.0725. The summed E-state index contributed by atoms with van der Waals surface area (Å²) in [5.74, 6) is -1.85. The maximum absolute atomic E-state index is 14.4. The summed E-state index contributed by atoms with van der Waals surface area (Å²) in [6.45, 7) is 5.57. The van der Waals surface area contributed by atoms with Crippen molar-refractivity contribution >= 4 is 22.8 Å². The number of H-pyrrole nitrogens is 1. The molecule has 0 saturated carbocycles. The summed E-state index contributed by atoms with van der Waals surface area (Å²) >= 11 is 0. The number of fused-ring (bicyclic) bond motifs is 1. The molecular weight excluding hydrogens is 315 g/mol. The number of hydrogen-bond acceptors (Lipinski definition) is 5. The third kappa shape index (κ3) is 2.88. The molecule has 0 amide bonds. The van der Waals surface area contributed by atoms with E-state index in [1.54, 1.807) is 11.0 Å². The minimum atomic E-state index is -1.36. The maximum Gasteiger partial charge on any atom is 0.341 e. The molecule has 2 aromatic rings. The van der Waals surface area contributed by atoms with Crippen molar-refractivity contribution in [1.82, 2.24) is 15.3 Å². The van der Waals surface area contributed by atoms with E-state index in [0.717, 1.165) is 18.7 Å². The van der Waals surface area contributed by atoms with E-state index in [-0.39, 0.29) is 22.9 Å². The fraction of sp³-hybridized carbons (Fsp3) is 0.312. The summed E-state index contributed by atoms with van der Waals surface area (Å²) in [4.78, 5) is 31.7. The molecule has 1 unspecified atom stereocenters. The SMILES string of the molecule is C=CCNC1CCN(c2nc3[nH]cc(C(=O)O)c(=O)c3cc2F)C1. The van der Waals surface area contributed by atoms with Crippen LogP contribution in [0.4, 0.5) is 10.2 Å². The molecule has 8 heteroatoms. The Morgan fingerprint density at radius 3 is 3.12 bits per heavy atom. The number of rotatable bonds is 5.